The Balaban J connectivity index is 2.82. The zero-order valence-corrected chi connectivity index (χ0v) is 11.7. The Kier molecular flexibility index (Phi) is 5.08. The van der Waals surface area contributed by atoms with E-state index in [1.807, 2.05) is 0 Å². The number of sulfone groups is 1. The van der Waals surface area contributed by atoms with Gasteiger partial charge in [0, 0.05) is 23.3 Å². The average Bonchev–Trinajstić information content (AvgIpc) is 2.27. The van der Waals surface area contributed by atoms with E-state index in [4.69, 9.17) is 16.7 Å². The van der Waals surface area contributed by atoms with E-state index in [9.17, 15) is 18.0 Å². The van der Waals surface area contributed by atoms with Gasteiger partial charge < -0.3 is 5.11 Å². The molecule has 0 aromatic heterocycles. The number of hydrogen-bond acceptors (Lipinski definition) is 4. The van der Waals surface area contributed by atoms with Gasteiger partial charge in [-0.2, -0.15) is 0 Å². The van der Waals surface area contributed by atoms with E-state index in [0.717, 1.165) is 6.26 Å². The lowest BCUT2D eigenvalue weighted by Gasteiger charge is -2.10. The van der Waals surface area contributed by atoms with Crippen LogP contribution in [0.3, 0.4) is 0 Å². The molecule has 1 N–H and O–H groups in total. The van der Waals surface area contributed by atoms with Crippen molar-refractivity contribution >= 4 is 33.2 Å². The molecule has 0 bridgehead atoms. The van der Waals surface area contributed by atoms with Crippen LogP contribution in [0.2, 0.25) is 5.02 Å². The molecule has 0 amide bonds. The molecular formula is C12H13ClO5S. The van der Waals surface area contributed by atoms with Crippen LogP contribution in [-0.4, -0.2) is 37.3 Å². The number of aliphatic carboxylic acids is 1. The van der Waals surface area contributed by atoms with E-state index in [1.165, 1.54) is 24.3 Å². The van der Waals surface area contributed by atoms with Gasteiger partial charge in [-0.25, -0.2) is 8.42 Å². The summed E-state index contributed by atoms with van der Waals surface area (Å²) in [6.07, 6.45) is 0.583. The number of halogens is 1. The van der Waals surface area contributed by atoms with Gasteiger partial charge in [0.2, 0.25) is 0 Å². The average molecular weight is 305 g/mol. The molecule has 0 heterocycles. The maximum atomic E-state index is 11.9. The van der Waals surface area contributed by atoms with Crippen molar-refractivity contribution in [3.05, 3.63) is 34.9 Å². The van der Waals surface area contributed by atoms with E-state index >= 15 is 0 Å². The zero-order valence-electron chi connectivity index (χ0n) is 10.2. The van der Waals surface area contributed by atoms with Crippen molar-refractivity contribution in [2.75, 3.05) is 12.0 Å². The molecule has 0 spiro atoms. The Hall–Kier alpha value is -1.40. The van der Waals surface area contributed by atoms with Gasteiger partial charge in [0.05, 0.1) is 11.7 Å². The highest BCUT2D eigenvalue weighted by molar-refractivity contribution is 7.90. The lowest BCUT2D eigenvalue weighted by atomic mass is 10.00. The number of Topliss-reactive ketones (excluding diaryl/α,β-unsaturated/α-hetero) is 1. The molecule has 0 saturated heterocycles. The lowest BCUT2D eigenvalue weighted by Crippen LogP contribution is -2.25. The van der Waals surface area contributed by atoms with Crippen LogP contribution in [0.1, 0.15) is 16.8 Å². The van der Waals surface area contributed by atoms with Crippen molar-refractivity contribution in [3.63, 3.8) is 0 Å². The second kappa shape index (κ2) is 6.16. The summed E-state index contributed by atoms with van der Waals surface area (Å²) in [5.41, 5.74) is 0.309. The van der Waals surface area contributed by atoms with Gasteiger partial charge >= 0.3 is 5.97 Å². The Morgan fingerprint density at radius 2 is 1.79 bits per heavy atom. The van der Waals surface area contributed by atoms with Gasteiger partial charge in [0.25, 0.3) is 0 Å². The summed E-state index contributed by atoms with van der Waals surface area (Å²) in [5.74, 6) is -3.51. The topological polar surface area (TPSA) is 88.5 Å². The van der Waals surface area contributed by atoms with Gasteiger partial charge in [-0.15, -0.1) is 0 Å². The number of carboxylic acids is 1. The molecule has 1 unspecified atom stereocenters. The van der Waals surface area contributed by atoms with Crippen LogP contribution in [0, 0.1) is 5.92 Å². The summed E-state index contributed by atoms with van der Waals surface area (Å²) in [6.45, 7) is 0. The molecule has 1 aromatic rings. The van der Waals surface area contributed by atoms with E-state index in [2.05, 4.69) is 0 Å². The van der Waals surface area contributed by atoms with Crippen molar-refractivity contribution in [3.8, 4) is 0 Å². The Bertz CT molecular complexity index is 577. The van der Waals surface area contributed by atoms with Crippen LogP contribution in [0.15, 0.2) is 24.3 Å². The number of rotatable bonds is 6. The summed E-state index contributed by atoms with van der Waals surface area (Å²) in [6, 6.07) is 5.98. The summed E-state index contributed by atoms with van der Waals surface area (Å²) in [4.78, 5) is 22.8. The first kappa shape index (κ1) is 15.7. The second-order valence-electron chi connectivity index (χ2n) is 4.26. The van der Waals surface area contributed by atoms with Crippen LogP contribution in [0.5, 0.6) is 0 Å². The van der Waals surface area contributed by atoms with E-state index in [1.54, 1.807) is 0 Å². The molecule has 1 rings (SSSR count). The molecular weight excluding hydrogens is 292 g/mol. The number of carbonyl (C=O) groups excluding carboxylic acids is 1. The lowest BCUT2D eigenvalue weighted by molar-refractivity contribution is -0.140. The van der Waals surface area contributed by atoms with Gasteiger partial charge in [0.15, 0.2) is 5.78 Å². The number of benzene rings is 1. The minimum Gasteiger partial charge on any atom is -0.481 e. The van der Waals surface area contributed by atoms with Gasteiger partial charge in [-0.05, 0) is 24.3 Å². The van der Waals surface area contributed by atoms with Crippen molar-refractivity contribution in [1.82, 2.24) is 0 Å². The number of carboxylic acid groups (broad SMARTS) is 1. The molecule has 0 saturated carbocycles. The quantitative estimate of drug-likeness (QED) is 0.807. The van der Waals surface area contributed by atoms with Crippen molar-refractivity contribution < 1.29 is 23.1 Å². The molecule has 0 radical (unpaired) electrons. The van der Waals surface area contributed by atoms with Crippen LogP contribution >= 0.6 is 11.6 Å². The molecule has 7 heteroatoms. The Morgan fingerprint density at radius 1 is 1.26 bits per heavy atom. The van der Waals surface area contributed by atoms with E-state index < -0.39 is 33.3 Å². The molecule has 104 valence electrons. The summed E-state index contributed by atoms with van der Waals surface area (Å²) in [5, 5.41) is 9.40. The van der Waals surface area contributed by atoms with Gasteiger partial charge in [-0.1, -0.05) is 11.6 Å². The maximum absolute atomic E-state index is 11.9. The zero-order chi connectivity index (χ0) is 14.6. The fraction of sp³-hybridized carbons (Fsp3) is 0.333. The minimum atomic E-state index is -3.46. The molecule has 1 aromatic carbocycles. The first-order valence-corrected chi connectivity index (χ1v) is 7.82. The number of hydrogen-bond donors (Lipinski definition) is 1. The molecule has 5 nitrogen and oxygen atoms in total. The maximum Gasteiger partial charge on any atom is 0.307 e. The fourth-order valence-electron chi connectivity index (χ4n) is 1.56. The van der Waals surface area contributed by atoms with Crippen molar-refractivity contribution in [2.24, 2.45) is 5.92 Å². The highest BCUT2D eigenvalue weighted by Gasteiger charge is 2.25. The third kappa shape index (κ3) is 5.40. The monoisotopic (exact) mass is 304 g/mol. The van der Waals surface area contributed by atoms with Crippen LogP contribution in [0.4, 0.5) is 0 Å². The molecule has 19 heavy (non-hydrogen) atoms. The van der Waals surface area contributed by atoms with Crippen molar-refractivity contribution in [1.29, 1.82) is 0 Å². The third-order valence-corrected chi connectivity index (χ3v) is 3.71. The van der Waals surface area contributed by atoms with E-state index in [0.29, 0.717) is 10.6 Å². The van der Waals surface area contributed by atoms with Crippen LogP contribution < -0.4 is 0 Å². The summed E-state index contributed by atoms with van der Waals surface area (Å²) in [7, 11) is -3.46. The predicted octanol–water partition coefficient (Wildman–Crippen LogP) is 1.66. The van der Waals surface area contributed by atoms with Gasteiger partial charge in [-0.3, -0.25) is 9.59 Å². The summed E-state index contributed by atoms with van der Waals surface area (Å²) >= 11 is 5.67. The third-order valence-electron chi connectivity index (χ3n) is 2.45. The number of carbonyl (C=O) groups is 2. The van der Waals surface area contributed by atoms with Gasteiger partial charge in [0.1, 0.15) is 9.84 Å². The first-order valence-electron chi connectivity index (χ1n) is 5.38. The molecule has 0 fully saturated rings. The Labute approximate surface area is 116 Å². The van der Waals surface area contributed by atoms with Crippen LogP contribution in [0.25, 0.3) is 0 Å². The molecule has 0 aliphatic rings. The van der Waals surface area contributed by atoms with Crippen LogP contribution in [-0.2, 0) is 14.6 Å². The number of ketones is 1. The summed E-state index contributed by atoms with van der Waals surface area (Å²) < 4.78 is 22.2. The Morgan fingerprint density at radius 3 is 2.21 bits per heavy atom. The molecule has 1 atom stereocenters. The van der Waals surface area contributed by atoms with Crippen molar-refractivity contribution in [2.45, 2.75) is 6.42 Å². The predicted molar refractivity (Wildman–Crippen MR) is 71.2 cm³/mol. The standard InChI is InChI=1S/C12H13ClO5S/c1-19(17,18)7-9(12(15)16)6-11(14)8-2-4-10(13)5-3-8/h2-5,9H,6-7H2,1H3,(H,15,16). The minimum absolute atomic E-state index is 0.309. The molecule has 0 aliphatic carbocycles. The normalized spacial score (nSPS) is 12.9. The fourth-order valence-corrected chi connectivity index (χ4v) is 2.68. The SMILES string of the molecule is CS(=O)(=O)CC(CC(=O)c1ccc(Cl)cc1)C(=O)O. The first-order chi connectivity index (χ1) is 8.69. The largest absolute Gasteiger partial charge is 0.481 e. The highest BCUT2D eigenvalue weighted by atomic mass is 35.5. The smallest absolute Gasteiger partial charge is 0.307 e. The second-order valence-corrected chi connectivity index (χ2v) is 6.88. The van der Waals surface area contributed by atoms with E-state index in [-0.39, 0.29) is 6.42 Å². The molecule has 0 aliphatic heterocycles. The highest BCUT2D eigenvalue weighted by Crippen LogP contribution is 2.15.